The molecule has 0 spiro atoms. The summed E-state index contributed by atoms with van der Waals surface area (Å²) in [5.41, 5.74) is -1.92. The van der Waals surface area contributed by atoms with E-state index in [-0.39, 0.29) is 11.1 Å². The Morgan fingerprint density at radius 3 is 2.35 bits per heavy atom. The molecule has 0 unspecified atom stereocenters. The molecule has 20 heavy (non-hydrogen) atoms. The van der Waals surface area contributed by atoms with Crippen LogP contribution in [0.2, 0.25) is 5.02 Å². The van der Waals surface area contributed by atoms with E-state index >= 15 is 0 Å². The molecular weight excluding hydrogens is 333 g/mol. The summed E-state index contributed by atoms with van der Waals surface area (Å²) in [6.45, 7) is 0. The van der Waals surface area contributed by atoms with Crippen molar-refractivity contribution in [2.24, 2.45) is 0 Å². The largest absolute Gasteiger partial charge is 0.424 e. The van der Waals surface area contributed by atoms with Crippen molar-refractivity contribution in [1.29, 1.82) is 0 Å². The maximum Gasteiger partial charge on any atom is 0.360 e. The third-order valence-corrected chi connectivity index (χ3v) is 5.81. The van der Waals surface area contributed by atoms with Crippen molar-refractivity contribution >= 4 is 43.9 Å². The van der Waals surface area contributed by atoms with Gasteiger partial charge in [-0.2, -0.15) is 4.98 Å². The summed E-state index contributed by atoms with van der Waals surface area (Å²) >= 11 is 5.73. The highest BCUT2D eigenvalue weighted by atomic mass is 35.5. The number of fused-ring (bicyclic) bond motifs is 1. The van der Waals surface area contributed by atoms with Crippen molar-refractivity contribution in [3.63, 3.8) is 0 Å². The van der Waals surface area contributed by atoms with Crippen LogP contribution in [0.5, 0.6) is 0 Å². The lowest BCUT2D eigenvalue weighted by atomic mass is 10.3. The van der Waals surface area contributed by atoms with Crippen molar-refractivity contribution in [2.45, 2.75) is 5.52 Å². The Labute approximate surface area is 116 Å². The standard InChI is InChI=1S/C8H9ClN2O7P2/c9-4-1-2-6-5(3-4)10-7(18-6)11-8(19(12,13)14)20(15,16)17/h1-3,8H,(H,10,11)(H2,12,13,14)(H2,15,16,17). The van der Waals surface area contributed by atoms with Gasteiger partial charge in [0.25, 0.3) is 6.01 Å². The number of halogens is 1. The first-order valence-electron chi connectivity index (χ1n) is 5.00. The predicted molar refractivity (Wildman–Crippen MR) is 70.5 cm³/mol. The highest BCUT2D eigenvalue weighted by Crippen LogP contribution is 2.59. The van der Waals surface area contributed by atoms with Gasteiger partial charge in [0.2, 0.25) is 5.52 Å². The van der Waals surface area contributed by atoms with Gasteiger partial charge in [0, 0.05) is 5.02 Å². The highest BCUT2D eigenvalue weighted by Gasteiger charge is 2.44. The zero-order chi connectivity index (χ0) is 15.1. The maximum absolute atomic E-state index is 11.1. The molecule has 1 aromatic heterocycles. The molecule has 2 rings (SSSR count). The Balaban J connectivity index is 2.39. The summed E-state index contributed by atoms with van der Waals surface area (Å²) < 4.78 is 27.3. The fourth-order valence-electron chi connectivity index (χ4n) is 1.44. The van der Waals surface area contributed by atoms with Crippen LogP contribution in [0.3, 0.4) is 0 Å². The molecule has 1 aromatic carbocycles. The Kier molecular flexibility index (Phi) is 3.96. The topological polar surface area (TPSA) is 153 Å². The molecule has 5 N–H and O–H groups in total. The van der Waals surface area contributed by atoms with Crippen LogP contribution in [0, 0.1) is 0 Å². The van der Waals surface area contributed by atoms with E-state index in [2.05, 4.69) is 4.98 Å². The summed E-state index contributed by atoms with van der Waals surface area (Å²) in [5.74, 6) is 0. The second kappa shape index (κ2) is 5.13. The number of nitrogens with zero attached hydrogens (tertiary/aromatic N) is 1. The fraction of sp³-hybridized carbons (Fsp3) is 0.125. The molecule has 110 valence electrons. The molecule has 0 aliphatic carbocycles. The van der Waals surface area contributed by atoms with Gasteiger partial charge in [-0.15, -0.1) is 0 Å². The minimum absolute atomic E-state index is 0.243. The summed E-state index contributed by atoms with van der Waals surface area (Å²) in [4.78, 5) is 39.6. The predicted octanol–water partition coefficient (Wildman–Crippen LogP) is 1.53. The second-order valence-electron chi connectivity index (χ2n) is 3.83. The molecule has 0 saturated heterocycles. The first-order chi connectivity index (χ1) is 9.07. The van der Waals surface area contributed by atoms with Crippen LogP contribution >= 0.6 is 26.8 Å². The molecule has 0 aliphatic rings. The Bertz CT molecular complexity index is 714. The lowest BCUT2D eigenvalue weighted by Crippen LogP contribution is -2.20. The summed E-state index contributed by atoms with van der Waals surface area (Å²) in [7, 11) is -10.2. The van der Waals surface area contributed by atoms with Crippen molar-refractivity contribution < 1.29 is 33.1 Å². The number of hydrogen-bond donors (Lipinski definition) is 5. The number of rotatable bonds is 4. The van der Waals surface area contributed by atoms with E-state index in [9.17, 15) is 9.13 Å². The molecule has 2 aromatic rings. The van der Waals surface area contributed by atoms with Gasteiger partial charge in [0.15, 0.2) is 5.58 Å². The van der Waals surface area contributed by atoms with Gasteiger partial charge in [-0.25, -0.2) is 0 Å². The van der Waals surface area contributed by atoms with Crippen LogP contribution in [-0.2, 0) is 9.13 Å². The van der Waals surface area contributed by atoms with E-state index < -0.39 is 26.7 Å². The maximum atomic E-state index is 11.1. The van der Waals surface area contributed by atoms with Crippen LogP contribution in [0.4, 0.5) is 6.01 Å². The number of aromatic nitrogens is 1. The molecule has 0 amide bonds. The van der Waals surface area contributed by atoms with Gasteiger partial charge in [-0.1, -0.05) is 11.6 Å². The summed E-state index contributed by atoms with van der Waals surface area (Å²) in [6, 6.07) is 3.95. The number of hydrogen-bond acceptors (Lipinski definition) is 5. The number of benzene rings is 1. The summed E-state index contributed by atoms with van der Waals surface area (Å²) in [5, 5.41) is 2.28. The molecule has 0 aliphatic heterocycles. The van der Waals surface area contributed by atoms with Crippen LogP contribution in [0.15, 0.2) is 22.6 Å². The summed E-state index contributed by atoms with van der Waals surface area (Å²) in [6.07, 6.45) is 0. The molecule has 9 nitrogen and oxygen atoms in total. The van der Waals surface area contributed by atoms with Gasteiger partial charge in [0.1, 0.15) is 5.52 Å². The molecular formula is C8H9ClN2O7P2. The average Bonchev–Trinajstić information content (AvgIpc) is 2.64. The lowest BCUT2D eigenvalue weighted by molar-refractivity contribution is 0.342. The Hall–Kier alpha value is -0.920. The van der Waals surface area contributed by atoms with Crippen molar-refractivity contribution in [2.75, 3.05) is 5.32 Å². The first kappa shape index (κ1) is 15.5. The Morgan fingerprint density at radius 1 is 1.20 bits per heavy atom. The molecule has 0 saturated carbocycles. The van der Waals surface area contributed by atoms with E-state index in [4.69, 9.17) is 35.6 Å². The van der Waals surface area contributed by atoms with Crippen LogP contribution in [0.25, 0.3) is 11.1 Å². The second-order valence-corrected chi connectivity index (χ2v) is 8.06. The number of anilines is 1. The zero-order valence-electron chi connectivity index (χ0n) is 9.54. The van der Waals surface area contributed by atoms with Gasteiger partial charge in [-0.05, 0) is 18.2 Å². The molecule has 0 fully saturated rings. The number of oxazole rings is 1. The zero-order valence-corrected chi connectivity index (χ0v) is 12.1. The van der Waals surface area contributed by atoms with Gasteiger partial charge >= 0.3 is 15.2 Å². The quantitative estimate of drug-likeness (QED) is 0.520. The van der Waals surface area contributed by atoms with Crippen molar-refractivity contribution in [3.05, 3.63) is 23.2 Å². The van der Waals surface area contributed by atoms with Crippen molar-refractivity contribution in [1.82, 2.24) is 4.98 Å². The monoisotopic (exact) mass is 342 g/mol. The SMILES string of the molecule is O=P(O)(O)C(Nc1nc2cc(Cl)ccc2o1)P(=O)(O)O. The molecule has 0 atom stereocenters. The fourth-order valence-corrected chi connectivity index (χ4v) is 3.73. The van der Waals surface area contributed by atoms with Crippen LogP contribution in [0.1, 0.15) is 0 Å². The first-order valence-corrected chi connectivity index (χ1v) is 8.74. The lowest BCUT2D eigenvalue weighted by Gasteiger charge is -2.19. The molecule has 0 radical (unpaired) electrons. The van der Waals surface area contributed by atoms with Gasteiger partial charge in [0.05, 0.1) is 0 Å². The van der Waals surface area contributed by atoms with Crippen molar-refractivity contribution in [3.8, 4) is 0 Å². The number of nitrogens with one attached hydrogen (secondary N) is 1. The third-order valence-electron chi connectivity index (χ3n) is 2.24. The van der Waals surface area contributed by atoms with E-state index in [1.165, 1.54) is 18.2 Å². The minimum Gasteiger partial charge on any atom is -0.424 e. The van der Waals surface area contributed by atoms with Crippen LogP contribution < -0.4 is 5.32 Å². The van der Waals surface area contributed by atoms with Gasteiger partial charge in [-0.3, -0.25) is 9.13 Å². The highest BCUT2D eigenvalue weighted by molar-refractivity contribution is 7.71. The molecule has 1 heterocycles. The van der Waals surface area contributed by atoms with E-state index in [1.54, 1.807) is 0 Å². The van der Waals surface area contributed by atoms with E-state index in [0.717, 1.165) is 0 Å². The van der Waals surface area contributed by atoms with E-state index in [0.29, 0.717) is 5.02 Å². The van der Waals surface area contributed by atoms with Crippen LogP contribution in [-0.4, -0.2) is 30.1 Å². The van der Waals surface area contributed by atoms with Gasteiger partial charge < -0.3 is 29.3 Å². The smallest absolute Gasteiger partial charge is 0.360 e. The van der Waals surface area contributed by atoms with E-state index in [1.807, 2.05) is 5.32 Å². The average molecular weight is 343 g/mol. The third kappa shape index (κ3) is 3.39. The normalized spacial score (nSPS) is 13.1. The molecule has 12 heteroatoms. The molecule has 0 bridgehead atoms. The minimum atomic E-state index is -5.12. The Morgan fingerprint density at radius 2 is 1.80 bits per heavy atom.